The Morgan fingerprint density at radius 2 is 2.00 bits per heavy atom. The smallest absolute Gasteiger partial charge is 0.254 e. The number of carbonyl (C=O) groups excluding carboxylic acids is 1. The first kappa shape index (κ1) is 15.0. The summed E-state index contributed by atoms with van der Waals surface area (Å²) in [6.45, 7) is 0.726. The van der Waals surface area contributed by atoms with Crippen molar-refractivity contribution >= 4 is 5.91 Å². The minimum absolute atomic E-state index is 0.0936. The number of nitrogens with zero attached hydrogens (tertiary/aromatic N) is 2. The van der Waals surface area contributed by atoms with Crippen molar-refractivity contribution in [1.82, 2.24) is 9.88 Å². The zero-order chi connectivity index (χ0) is 16.5. The summed E-state index contributed by atoms with van der Waals surface area (Å²) >= 11 is 0. The number of fused-ring (bicyclic) bond motifs is 1. The third kappa shape index (κ3) is 2.69. The van der Waals surface area contributed by atoms with Gasteiger partial charge in [-0.15, -0.1) is 0 Å². The lowest BCUT2D eigenvalue weighted by Gasteiger charge is -2.26. The standard InChI is InChI=1S/C18H18N2O4/c21-15-5-8-20(14(15)9-12-3-6-19-7-4-12)18(22)13-1-2-16-17(10-13)24-11-23-16/h1-4,6-7,10,14-15,21H,5,8-9,11H2/t14-,15-/m1/s1. The van der Waals surface area contributed by atoms with Crippen LogP contribution < -0.4 is 9.47 Å². The first-order chi connectivity index (χ1) is 11.7. The first-order valence-electron chi connectivity index (χ1n) is 8.00. The molecule has 2 aliphatic heterocycles. The summed E-state index contributed by atoms with van der Waals surface area (Å²) in [6.07, 6.45) is 4.13. The van der Waals surface area contributed by atoms with E-state index in [1.54, 1.807) is 35.5 Å². The second-order valence-electron chi connectivity index (χ2n) is 6.05. The van der Waals surface area contributed by atoms with E-state index in [1.165, 1.54) is 0 Å². The SMILES string of the molecule is O=C(c1ccc2c(c1)OCO2)N1CC[C@@H](O)[C@H]1Cc1ccncc1. The number of aromatic nitrogens is 1. The van der Waals surface area contributed by atoms with E-state index in [0.717, 1.165) is 5.56 Å². The van der Waals surface area contributed by atoms with Gasteiger partial charge in [-0.2, -0.15) is 0 Å². The molecule has 2 atom stereocenters. The van der Waals surface area contributed by atoms with Crippen molar-refractivity contribution in [2.45, 2.75) is 25.0 Å². The van der Waals surface area contributed by atoms with Crippen LogP contribution in [-0.2, 0) is 6.42 Å². The fourth-order valence-electron chi connectivity index (χ4n) is 3.29. The monoisotopic (exact) mass is 326 g/mol. The first-order valence-corrected chi connectivity index (χ1v) is 8.00. The Bertz CT molecular complexity index is 750. The molecule has 0 aliphatic carbocycles. The Morgan fingerprint density at radius 3 is 2.83 bits per heavy atom. The molecule has 3 heterocycles. The Morgan fingerprint density at radius 1 is 1.21 bits per heavy atom. The molecule has 1 fully saturated rings. The number of aliphatic hydroxyl groups excluding tert-OH is 1. The average Bonchev–Trinajstić information content (AvgIpc) is 3.22. The van der Waals surface area contributed by atoms with Crippen LogP contribution >= 0.6 is 0 Å². The molecule has 0 saturated carbocycles. The Kier molecular flexibility index (Phi) is 3.82. The largest absolute Gasteiger partial charge is 0.454 e. The van der Waals surface area contributed by atoms with Crippen LogP contribution in [0.2, 0.25) is 0 Å². The lowest BCUT2D eigenvalue weighted by Crippen LogP contribution is -2.41. The zero-order valence-corrected chi connectivity index (χ0v) is 13.1. The summed E-state index contributed by atoms with van der Waals surface area (Å²) in [5.41, 5.74) is 1.60. The van der Waals surface area contributed by atoms with Gasteiger partial charge in [0.05, 0.1) is 12.1 Å². The highest BCUT2D eigenvalue weighted by Gasteiger charge is 2.36. The van der Waals surface area contributed by atoms with Crippen LogP contribution in [0.15, 0.2) is 42.7 Å². The fraction of sp³-hybridized carbons (Fsp3) is 0.333. The van der Waals surface area contributed by atoms with E-state index in [-0.39, 0.29) is 18.7 Å². The van der Waals surface area contributed by atoms with E-state index in [1.807, 2.05) is 12.1 Å². The van der Waals surface area contributed by atoms with Crippen molar-refractivity contribution in [3.63, 3.8) is 0 Å². The third-order valence-corrected chi connectivity index (χ3v) is 4.58. The summed E-state index contributed by atoms with van der Waals surface area (Å²) in [5.74, 6) is 1.15. The molecular weight excluding hydrogens is 308 g/mol. The molecule has 4 rings (SSSR count). The second-order valence-corrected chi connectivity index (χ2v) is 6.05. The number of benzene rings is 1. The van der Waals surface area contributed by atoms with Crippen LogP contribution in [0.1, 0.15) is 22.3 Å². The highest BCUT2D eigenvalue weighted by atomic mass is 16.7. The average molecular weight is 326 g/mol. The molecule has 0 bridgehead atoms. The minimum Gasteiger partial charge on any atom is -0.454 e. The van der Waals surface area contributed by atoms with Gasteiger partial charge >= 0.3 is 0 Å². The fourth-order valence-corrected chi connectivity index (χ4v) is 3.29. The van der Waals surface area contributed by atoms with Gasteiger partial charge in [0.25, 0.3) is 5.91 Å². The summed E-state index contributed by atoms with van der Waals surface area (Å²) in [6, 6.07) is 8.79. The van der Waals surface area contributed by atoms with Crippen LogP contribution in [0.5, 0.6) is 11.5 Å². The number of aliphatic hydroxyl groups is 1. The third-order valence-electron chi connectivity index (χ3n) is 4.58. The topological polar surface area (TPSA) is 71.9 Å². The van der Waals surface area contributed by atoms with Crippen LogP contribution in [-0.4, -0.2) is 46.4 Å². The molecule has 1 amide bonds. The molecule has 2 aromatic rings. The van der Waals surface area contributed by atoms with Gasteiger partial charge in [-0.1, -0.05) is 0 Å². The van der Waals surface area contributed by atoms with Gasteiger partial charge in [0.2, 0.25) is 6.79 Å². The molecule has 1 aromatic heterocycles. The molecule has 1 N–H and O–H groups in total. The number of carbonyl (C=O) groups is 1. The van der Waals surface area contributed by atoms with Crippen LogP contribution in [0, 0.1) is 0 Å². The number of likely N-dealkylation sites (tertiary alicyclic amines) is 1. The number of pyridine rings is 1. The lowest BCUT2D eigenvalue weighted by atomic mass is 10.0. The van der Waals surface area contributed by atoms with E-state index in [0.29, 0.717) is 36.4 Å². The Hall–Kier alpha value is -2.60. The second kappa shape index (κ2) is 6.13. The van der Waals surface area contributed by atoms with Gasteiger partial charge in [-0.3, -0.25) is 9.78 Å². The quantitative estimate of drug-likeness (QED) is 0.928. The van der Waals surface area contributed by atoms with E-state index in [2.05, 4.69) is 4.98 Å². The maximum atomic E-state index is 12.9. The van der Waals surface area contributed by atoms with Crippen molar-refractivity contribution < 1.29 is 19.4 Å². The van der Waals surface area contributed by atoms with Crippen LogP contribution in [0.25, 0.3) is 0 Å². The van der Waals surface area contributed by atoms with Gasteiger partial charge in [0.1, 0.15) is 0 Å². The number of rotatable bonds is 3. The molecule has 0 unspecified atom stereocenters. The summed E-state index contributed by atoms with van der Waals surface area (Å²) < 4.78 is 10.6. The number of ether oxygens (including phenoxy) is 2. The molecule has 0 spiro atoms. The Labute approximate surface area is 139 Å². The maximum absolute atomic E-state index is 12.9. The lowest BCUT2D eigenvalue weighted by molar-refractivity contribution is 0.0639. The van der Waals surface area contributed by atoms with Gasteiger partial charge in [0, 0.05) is 24.5 Å². The van der Waals surface area contributed by atoms with Crippen LogP contribution in [0.3, 0.4) is 0 Å². The van der Waals surface area contributed by atoms with Crippen molar-refractivity contribution in [1.29, 1.82) is 0 Å². The molecular formula is C18H18N2O4. The molecule has 6 nitrogen and oxygen atoms in total. The summed E-state index contributed by atoms with van der Waals surface area (Å²) in [4.78, 5) is 18.7. The number of amides is 1. The summed E-state index contributed by atoms with van der Waals surface area (Å²) in [7, 11) is 0. The highest BCUT2D eigenvalue weighted by molar-refractivity contribution is 5.95. The Balaban J connectivity index is 1.56. The van der Waals surface area contributed by atoms with E-state index in [4.69, 9.17) is 9.47 Å². The highest BCUT2D eigenvalue weighted by Crippen LogP contribution is 2.33. The molecule has 1 saturated heterocycles. The van der Waals surface area contributed by atoms with Crippen molar-refractivity contribution in [2.75, 3.05) is 13.3 Å². The minimum atomic E-state index is -0.517. The van der Waals surface area contributed by atoms with E-state index >= 15 is 0 Å². The number of hydrogen-bond acceptors (Lipinski definition) is 5. The predicted molar refractivity (Wildman–Crippen MR) is 86.0 cm³/mol. The van der Waals surface area contributed by atoms with Crippen molar-refractivity contribution in [2.24, 2.45) is 0 Å². The molecule has 0 radical (unpaired) electrons. The number of hydrogen-bond donors (Lipinski definition) is 1. The van der Waals surface area contributed by atoms with Gasteiger partial charge in [-0.05, 0) is 48.7 Å². The van der Waals surface area contributed by atoms with E-state index < -0.39 is 6.10 Å². The molecule has 124 valence electrons. The van der Waals surface area contributed by atoms with Crippen LogP contribution in [0.4, 0.5) is 0 Å². The van der Waals surface area contributed by atoms with Crippen molar-refractivity contribution in [3.05, 3.63) is 53.9 Å². The molecule has 24 heavy (non-hydrogen) atoms. The molecule has 1 aromatic carbocycles. The zero-order valence-electron chi connectivity index (χ0n) is 13.1. The molecule has 6 heteroatoms. The van der Waals surface area contributed by atoms with Gasteiger partial charge < -0.3 is 19.5 Å². The van der Waals surface area contributed by atoms with Gasteiger partial charge in [-0.25, -0.2) is 0 Å². The predicted octanol–water partition coefficient (Wildman–Crippen LogP) is 1.63. The maximum Gasteiger partial charge on any atom is 0.254 e. The van der Waals surface area contributed by atoms with Gasteiger partial charge in [0.15, 0.2) is 11.5 Å². The van der Waals surface area contributed by atoms with Crippen molar-refractivity contribution in [3.8, 4) is 11.5 Å². The molecule has 2 aliphatic rings. The summed E-state index contributed by atoms with van der Waals surface area (Å²) in [5, 5.41) is 10.3. The van der Waals surface area contributed by atoms with E-state index in [9.17, 15) is 9.90 Å². The normalized spacial score (nSPS) is 22.0.